The standard InChI is InChI=1S/C14H16F3N3O2/c1-10(8-22-9-14(15,16)17)20-13(21)7-19-12-4-2-11(6-18)3-5-12/h2-5,10,19H,7-9H2,1H3,(H,20,21). The van der Waals surface area contributed by atoms with Crippen molar-refractivity contribution in [1.82, 2.24) is 5.32 Å². The van der Waals surface area contributed by atoms with Crippen molar-refractivity contribution in [3.8, 4) is 6.07 Å². The van der Waals surface area contributed by atoms with E-state index >= 15 is 0 Å². The fourth-order valence-corrected chi connectivity index (χ4v) is 1.56. The molecule has 0 saturated heterocycles. The number of hydrogen-bond acceptors (Lipinski definition) is 4. The first-order valence-corrected chi connectivity index (χ1v) is 6.48. The molecule has 0 heterocycles. The fourth-order valence-electron chi connectivity index (χ4n) is 1.56. The summed E-state index contributed by atoms with van der Waals surface area (Å²) in [5.41, 5.74) is 1.17. The molecule has 1 aromatic carbocycles. The van der Waals surface area contributed by atoms with Crippen molar-refractivity contribution in [2.45, 2.75) is 19.1 Å². The van der Waals surface area contributed by atoms with Gasteiger partial charge in [-0.1, -0.05) is 0 Å². The molecule has 5 nitrogen and oxygen atoms in total. The predicted octanol–water partition coefficient (Wildman–Crippen LogP) is 2.05. The van der Waals surface area contributed by atoms with E-state index in [1.54, 1.807) is 31.2 Å². The molecule has 0 bridgehead atoms. The average Bonchev–Trinajstić information content (AvgIpc) is 2.44. The molecule has 1 unspecified atom stereocenters. The lowest BCUT2D eigenvalue weighted by Gasteiger charge is -2.15. The van der Waals surface area contributed by atoms with Gasteiger partial charge in [0, 0.05) is 11.7 Å². The van der Waals surface area contributed by atoms with Crippen molar-refractivity contribution in [2.75, 3.05) is 25.1 Å². The lowest BCUT2D eigenvalue weighted by atomic mass is 10.2. The zero-order valence-corrected chi connectivity index (χ0v) is 11.9. The lowest BCUT2D eigenvalue weighted by Crippen LogP contribution is -2.39. The van der Waals surface area contributed by atoms with E-state index < -0.39 is 18.8 Å². The summed E-state index contributed by atoms with van der Waals surface area (Å²) in [6, 6.07) is 7.96. The Morgan fingerprint density at radius 2 is 2.00 bits per heavy atom. The number of anilines is 1. The van der Waals surface area contributed by atoms with Gasteiger partial charge in [0.2, 0.25) is 5.91 Å². The fraction of sp³-hybridized carbons (Fsp3) is 0.429. The Kier molecular flexibility index (Phi) is 6.66. The van der Waals surface area contributed by atoms with Crippen LogP contribution in [0.5, 0.6) is 0 Å². The first kappa shape index (κ1) is 17.8. The highest BCUT2D eigenvalue weighted by Crippen LogP contribution is 2.14. The number of ether oxygens (including phenoxy) is 1. The monoisotopic (exact) mass is 315 g/mol. The second kappa shape index (κ2) is 8.24. The van der Waals surface area contributed by atoms with Crippen molar-refractivity contribution in [2.24, 2.45) is 0 Å². The van der Waals surface area contributed by atoms with Crippen LogP contribution in [0.3, 0.4) is 0 Å². The van der Waals surface area contributed by atoms with Gasteiger partial charge >= 0.3 is 6.18 Å². The van der Waals surface area contributed by atoms with Gasteiger partial charge in [-0.2, -0.15) is 18.4 Å². The van der Waals surface area contributed by atoms with Gasteiger partial charge in [-0.05, 0) is 31.2 Å². The molecule has 0 aliphatic heterocycles. The lowest BCUT2D eigenvalue weighted by molar-refractivity contribution is -0.175. The van der Waals surface area contributed by atoms with E-state index in [4.69, 9.17) is 5.26 Å². The smallest absolute Gasteiger partial charge is 0.376 e. The van der Waals surface area contributed by atoms with Crippen LogP contribution in [0.25, 0.3) is 0 Å². The molecule has 1 atom stereocenters. The zero-order valence-electron chi connectivity index (χ0n) is 11.9. The molecule has 0 aromatic heterocycles. The maximum absolute atomic E-state index is 11.9. The van der Waals surface area contributed by atoms with Gasteiger partial charge in [0.15, 0.2) is 0 Å². The summed E-state index contributed by atoms with van der Waals surface area (Å²) in [5, 5.41) is 14.0. The largest absolute Gasteiger partial charge is 0.411 e. The van der Waals surface area contributed by atoms with Gasteiger partial charge in [0.1, 0.15) is 6.61 Å². The molecule has 1 aromatic rings. The third-order valence-corrected chi connectivity index (χ3v) is 2.51. The number of rotatable bonds is 7. The van der Waals surface area contributed by atoms with E-state index in [0.717, 1.165) is 0 Å². The Morgan fingerprint density at radius 1 is 1.36 bits per heavy atom. The number of amides is 1. The van der Waals surface area contributed by atoms with Crippen molar-refractivity contribution in [3.05, 3.63) is 29.8 Å². The van der Waals surface area contributed by atoms with Crippen LogP contribution in [-0.4, -0.2) is 37.9 Å². The Balaban J connectivity index is 2.26. The van der Waals surface area contributed by atoms with Crippen molar-refractivity contribution >= 4 is 11.6 Å². The number of carbonyl (C=O) groups excluding carboxylic acids is 1. The minimum Gasteiger partial charge on any atom is -0.376 e. The maximum Gasteiger partial charge on any atom is 0.411 e. The third-order valence-electron chi connectivity index (χ3n) is 2.51. The van der Waals surface area contributed by atoms with Crippen LogP contribution in [-0.2, 0) is 9.53 Å². The number of alkyl halides is 3. The number of halogens is 3. The van der Waals surface area contributed by atoms with Gasteiger partial charge < -0.3 is 15.4 Å². The number of hydrogen-bond donors (Lipinski definition) is 2. The van der Waals surface area contributed by atoms with Crippen LogP contribution in [0.1, 0.15) is 12.5 Å². The molecule has 1 amide bonds. The van der Waals surface area contributed by atoms with Gasteiger partial charge in [-0.25, -0.2) is 0 Å². The normalized spacial score (nSPS) is 12.3. The summed E-state index contributed by atoms with van der Waals surface area (Å²) >= 11 is 0. The van der Waals surface area contributed by atoms with Crippen LogP contribution in [0.4, 0.5) is 18.9 Å². The minimum atomic E-state index is -4.37. The van der Waals surface area contributed by atoms with Crippen molar-refractivity contribution < 1.29 is 22.7 Å². The molecule has 1 rings (SSSR count). The summed E-state index contributed by atoms with van der Waals surface area (Å²) in [7, 11) is 0. The van der Waals surface area contributed by atoms with Crippen molar-refractivity contribution in [3.63, 3.8) is 0 Å². The second-order valence-electron chi connectivity index (χ2n) is 4.64. The highest BCUT2D eigenvalue weighted by Gasteiger charge is 2.27. The summed E-state index contributed by atoms with van der Waals surface area (Å²) < 4.78 is 40.1. The average molecular weight is 315 g/mol. The SMILES string of the molecule is CC(COCC(F)(F)F)NC(=O)CNc1ccc(C#N)cc1. The van der Waals surface area contributed by atoms with E-state index in [-0.39, 0.29) is 19.1 Å². The molecule has 2 N–H and O–H groups in total. The van der Waals surface area contributed by atoms with Crippen LogP contribution in [0.15, 0.2) is 24.3 Å². The van der Waals surface area contributed by atoms with Crippen LogP contribution in [0.2, 0.25) is 0 Å². The first-order valence-electron chi connectivity index (χ1n) is 6.48. The van der Waals surface area contributed by atoms with E-state index in [1.165, 1.54) is 0 Å². The highest BCUT2D eigenvalue weighted by molar-refractivity contribution is 5.80. The Bertz CT molecular complexity index is 524. The third kappa shape index (κ3) is 7.50. The molecule has 0 aliphatic carbocycles. The maximum atomic E-state index is 11.9. The Labute approximate surface area is 126 Å². The van der Waals surface area contributed by atoms with E-state index in [0.29, 0.717) is 11.3 Å². The van der Waals surface area contributed by atoms with Crippen LogP contribution in [0, 0.1) is 11.3 Å². The molecule has 120 valence electrons. The summed E-state index contributed by atoms with van der Waals surface area (Å²) in [6.07, 6.45) is -4.37. The van der Waals surface area contributed by atoms with Crippen LogP contribution >= 0.6 is 0 Å². The quantitative estimate of drug-likeness (QED) is 0.807. The van der Waals surface area contributed by atoms with Gasteiger partial charge in [0.05, 0.1) is 24.8 Å². The summed E-state index contributed by atoms with van der Waals surface area (Å²) in [6.45, 7) is -0.0374. The Morgan fingerprint density at radius 3 is 2.55 bits per heavy atom. The molecular weight excluding hydrogens is 299 g/mol. The molecule has 8 heteroatoms. The van der Waals surface area contributed by atoms with E-state index in [1.807, 2.05) is 6.07 Å². The number of carbonyl (C=O) groups is 1. The van der Waals surface area contributed by atoms with Gasteiger partial charge in [-0.3, -0.25) is 4.79 Å². The van der Waals surface area contributed by atoms with Crippen molar-refractivity contribution in [1.29, 1.82) is 5.26 Å². The molecular formula is C14H16F3N3O2. The van der Waals surface area contributed by atoms with Gasteiger partial charge in [-0.15, -0.1) is 0 Å². The number of nitrogens with one attached hydrogen (secondary N) is 2. The zero-order chi connectivity index (χ0) is 16.6. The molecule has 22 heavy (non-hydrogen) atoms. The minimum absolute atomic E-state index is 0.0322. The first-order chi connectivity index (χ1) is 10.3. The Hall–Kier alpha value is -2.27. The summed E-state index contributed by atoms with van der Waals surface area (Å²) in [5.74, 6) is -0.368. The number of benzene rings is 1. The molecule has 0 radical (unpaired) electrons. The second-order valence-corrected chi connectivity index (χ2v) is 4.64. The molecule has 0 saturated carbocycles. The predicted molar refractivity (Wildman–Crippen MR) is 74.1 cm³/mol. The topological polar surface area (TPSA) is 74.2 Å². The summed E-state index contributed by atoms with van der Waals surface area (Å²) in [4.78, 5) is 11.6. The highest BCUT2D eigenvalue weighted by atomic mass is 19.4. The van der Waals surface area contributed by atoms with Crippen LogP contribution < -0.4 is 10.6 Å². The van der Waals surface area contributed by atoms with E-state index in [9.17, 15) is 18.0 Å². The molecule has 0 spiro atoms. The number of nitrogens with zero attached hydrogens (tertiary/aromatic N) is 1. The van der Waals surface area contributed by atoms with Gasteiger partial charge in [0.25, 0.3) is 0 Å². The molecule has 0 aliphatic rings. The number of nitriles is 1. The molecule has 0 fully saturated rings. The van der Waals surface area contributed by atoms with E-state index in [2.05, 4.69) is 15.4 Å².